The molecule has 0 unspecified atom stereocenters. The largest absolute Gasteiger partial charge is 0.316 e. The highest BCUT2D eigenvalue weighted by Gasteiger charge is 1.96. The lowest BCUT2D eigenvalue weighted by molar-refractivity contribution is 0.678. The molecule has 0 aliphatic heterocycles. The highest BCUT2D eigenvalue weighted by atomic mass is 14.8. The van der Waals surface area contributed by atoms with Crippen LogP contribution in [0.25, 0.3) is 5.57 Å². The van der Waals surface area contributed by atoms with Gasteiger partial charge in [0.1, 0.15) is 0 Å². The molecule has 0 atom stereocenters. The molecule has 1 nitrogen and oxygen atoms in total. The first-order valence-electron chi connectivity index (χ1n) is 6.74. The van der Waals surface area contributed by atoms with Crippen LogP contribution in [0, 0.1) is 0 Å². The van der Waals surface area contributed by atoms with E-state index in [4.69, 9.17) is 0 Å². The normalized spacial score (nSPS) is 11.8. The molecule has 0 saturated carbocycles. The second-order valence-electron chi connectivity index (χ2n) is 4.48. The summed E-state index contributed by atoms with van der Waals surface area (Å²) in [7, 11) is 0. The molecule has 0 saturated heterocycles. The molecule has 0 amide bonds. The molecule has 1 N–H and O–H groups in total. The Labute approximate surface area is 106 Å². The third-order valence-corrected chi connectivity index (χ3v) is 2.99. The van der Waals surface area contributed by atoms with E-state index < -0.39 is 0 Å². The minimum Gasteiger partial charge on any atom is -0.316 e. The molecule has 17 heavy (non-hydrogen) atoms. The summed E-state index contributed by atoms with van der Waals surface area (Å²) in [5.41, 5.74) is 4.16. The van der Waals surface area contributed by atoms with Gasteiger partial charge >= 0.3 is 0 Å². The number of benzene rings is 1. The summed E-state index contributed by atoms with van der Waals surface area (Å²) >= 11 is 0. The first-order chi connectivity index (χ1) is 8.27. The quantitative estimate of drug-likeness (QED) is 0.698. The SMILES string of the molecule is CCCNCC/C=C(/C)c1cccc(CC)c1. The second-order valence-corrected chi connectivity index (χ2v) is 4.48. The Kier molecular flexibility index (Phi) is 6.64. The van der Waals surface area contributed by atoms with E-state index in [0.29, 0.717) is 0 Å². The molecule has 0 aliphatic rings. The van der Waals surface area contributed by atoms with E-state index in [0.717, 1.165) is 25.9 Å². The molecule has 0 bridgehead atoms. The fraction of sp³-hybridized carbons (Fsp3) is 0.500. The fourth-order valence-electron chi connectivity index (χ4n) is 1.85. The van der Waals surface area contributed by atoms with Crippen LogP contribution in [0.5, 0.6) is 0 Å². The van der Waals surface area contributed by atoms with E-state index in [9.17, 15) is 0 Å². The van der Waals surface area contributed by atoms with E-state index in [1.54, 1.807) is 0 Å². The maximum absolute atomic E-state index is 3.42. The summed E-state index contributed by atoms with van der Waals surface area (Å²) in [4.78, 5) is 0. The van der Waals surface area contributed by atoms with Crippen LogP contribution < -0.4 is 5.32 Å². The van der Waals surface area contributed by atoms with Crippen molar-refractivity contribution in [3.63, 3.8) is 0 Å². The van der Waals surface area contributed by atoms with Crippen molar-refractivity contribution in [3.05, 3.63) is 41.5 Å². The van der Waals surface area contributed by atoms with Crippen LogP contribution in [0.2, 0.25) is 0 Å². The molecule has 0 aromatic heterocycles. The molecule has 0 radical (unpaired) electrons. The zero-order chi connectivity index (χ0) is 12.5. The van der Waals surface area contributed by atoms with Crippen molar-refractivity contribution < 1.29 is 0 Å². The van der Waals surface area contributed by atoms with Gasteiger partial charge in [0.2, 0.25) is 0 Å². The lowest BCUT2D eigenvalue weighted by Crippen LogP contribution is -2.15. The maximum Gasteiger partial charge on any atom is -0.00141 e. The number of hydrogen-bond donors (Lipinski definition) is 1. The Hall–Kier alpha value is -1.08. The van der Waals surface area contributed by atoms with Crippen molar-refractivity contribution in [3.8, 4) is 0 Å². The number of aryl methyl sites for hydroxylation is 1. The van der Waals surface area contributed by atoms with Crippen molar-refractivity contribution in [2.75, 3.05) is 13.1 Å². The molecule has 1 aromatic rings. The van der Waals surface area contributed by atoms with Crippen LogP contribution in [0.4, 0.5) is 0 Å². The van der Waals surface area contributed by atoms with E-state index in [2.05, 4.69) is 56.4 Å². The molecule has 1 rings (SSSR count). The zero-order valence-electron chi connectivity index (χ0n) is 11.4. The first-order valence-corrected chi connectivity index (χ1v) is 6.74. The lowest BCUT2D eigenvalue weighted by atomic mass is 10.0. The molecule has 1 heteroatoms. The summed E-state index contributed by atoms with van der Waals surface area (Å²) in [6, 6.07) is 8.84. The number of hydrogen-bond acceptors (Lipinski definition) is 1. The minimum absolute atomic E-state index is 1.08. The van der Waals surface area contributed by atoms with E-state index in [-0.39, 0.29) is 0 Å². The van der Waals surface area contributed by atoms with Crippen molar-refractivity contribution in [2.45, 2.75) is 40.0 Å². The van der Waals surface area contributed by atoms with Gasteiger partial charge < -0.3 is 5.32 Å². The zero-order valence-corrected chi connectivity index (χ0v) is 11.4. The van der Waals surface area contributed by atoms with Gasteiger partial charge in [0.05, 0.1) is 0 Å². The molecular formula is C16H25N. The third kappa shape index (κ3) is 5.18. The van der Waals surface area contributed by atoms with Crippen LogP contribution >= 0.6 is 0 Å². The van der Waals surface area contributed by atoms with Gasteiger partial charge in [0.25, 0.3) is 0 Å². The Morgan fingerprint density at radius 2 is 2.06 bits per heavy atom. The van der Waals surface area contributed by atoms with Crippen molar-refractivity contribution in [1.29, 1.82) is 0 Å². The molecule has 0 heterocycles. The molecular weight excluding hydrogens is 206 g/mol. The predicted octanol–water partition coefficient (Wildman–Crippen LogP) is 4.04. The van der Waals surface area contributed by atoms with E-state index in [1.165, 1.54) is 23.1 Å². The highest BCUT2D eigenvalue weighted by molar-refractivity contribution is 5.64. The summed E-state index contributed by atoms with van der Waals surface area (Å²) < 4.78 is 0. The lowest BCUT2D eigenvalue weighted by Gasteiger charge is -2.05. The Morgan fingerprint density at radius 1 is 1.24 bits per heavy atom. The van der Waals surface area contributed by atoms with Gasteiger partial charge in [0, 0.05) is 0 Å². The Morgan fingerprint density at radius 3 is 2.76 bits per heavy atom. The van der Waals surface area contributed by atoms with E-state index >= 15 is 0 Å². The average Bonchev–Trinajstić information content (AvgIpc) is 2.38. The summed E-state index contributed by atoms with van der Waals surface area (Å²) in [6.07, 6.45) is 5.76. The van der Waals surface area contributed by atoms with Crippen LogP contribution in [-0.2, 0) is 6.42 Å². The van der Waals surface area contributed by atoms with Gasteiger partial charge in [-0.15, -0.1) is 0 Å². The highest BCUT2D eigenvalue weighted by Crippen LogP contribution is 2.16. The topological polar surface area (TPSA) is 12.0 Å². The van der Waals surface area contributed by atoms with Crippen LogP contribution in [0.1, 0.15) is 44.7 Å². The number of allylic oxidation sites excluding steroid dienone is 1. The van der Waals surface area contributed by atoms with Crippen molar-refractivity contribution in [1.82, 2.24) is 5.32 Å². The molecule has 0 spiro atoms. The molecule has 0 aliphatic carbocycles. The number of nitrogens with one attached hydrogen (secondary N) is 1. The second kappa shape index (κ2) is 8.08. The van der Waals surface area contributed by atoms with Crippen LogP contribution in [-0.4, -0.2) is 13.1 Å². The fourth-order valence-corrected chi connectivity index (χ4v) is 1.85. The summed E-state index contributed by atoms with van der Waals surface area (Å²) in [5.74, 6) is 0. The average molecular weight is 231 g/mol. The van der Waals surface area contributed by atoms with Gasteiger partial charge in [-0.3, -0.25) is 0 Å². The van der Waals surface area contributed by atoms with E-state index in [1.807, 2.05) is 0 Å². The van der Waals surface area contributed by atoms with Crippen molar-refractivity contribution >= 4 is 5.57 Å². The molecule has 94 valence electrons. The smallest absolute Gasteiger partial charge is 0.00141 e. The Balaban J connectivity index is 2.49. The first kappa shape index (κ1) is 14.0. The summed E-state index contributed by atoms with van der Waals surface area (Å²) in [5, 5.41) is 3.42. The van der Waals surface area contributed by atoms with Gasteiger partial charge in [-0.1, -0.05) is 44.2 Å². The Bertz CT molecular complexity index is 352. The van der Waals surface area contributed by atoms with Crippen molar-refractivity contribution in [2.24, 2.45) is 0 Å². The van der Waals surface area contributed by atoms with Gasteiger partial charge in [-0.05, 0) is 56.0 Å². The van der Waals surface area contributed by atoms with Crippen LogP contribution in [0.15, 0.2) is 30.3 Å². The monoisotopic (exact) mass is 231 g/mol. The summed E-state index contributed by atoms with van der Waals surface area (Å²) in [6.45, 7) is 8.81. The van der Waals surface area contributed by atoms with Crippen LogP contribution in [0.3, 0.4) is 0 Å². The standard InChI is InChI=1S/C16H25N/c1-4-11-17-12-7-8-14(3)16-10-6-9-15(5-2)13-16/h6,8-10,13,17H,4-5,7,11-12H2,1-3H3/b14-8-. The minimum atomic E-state index is 1.08. The molecule has 0 fully saturated rings. The maximum atomic E-state index is 3.42. The third-order valence-electron chi connectivity index (χ3n) is 2.99. The van der Waals surface area contributed by atoms with Gasteiger partial charge in [0.15, 0.2) is 0 Å². The number of rotatable bonds is 7. The molecule has 1 aromatic carbocycles. The van der Waals surface area contributed by atoms with Gasteiger partial charge in [-0.2, -0.15) is 0 Å². The van der Waals surface area contributed by atoms with Gasteiger partial charge in [-0.25, -0.2) is 0 Å². The predicted molar refractivity (Wildman–Crippen MR) is 77.2 cm³/mol.